The van der Waals surface area contributed by atoms with Crippen molar-refractivity contribution in [1.82, 2.24) is 5.06 Å². The molecule has 0 bridgehead atoms. The summed E-state index contributed by atoms with van der Waals surface area (Å²) in [5.74, 6) is -1.55. The second-order valence-corrected chi connectivity index (χ2v) is 10.3. The molecule has 6 nitrogen and oxygen atoms in total. The maximum atomic E-state index is 13.0. The summed E-state index contributed by atoms with van der Waals surface area (Å²) in [6.45, 7) is 8.74. The molecule has 6 heteroatoms. The number of allylic oxidation sites excluding steroid dienone is 1. The average molecular weight is 444 g/mol. The van der Waals surface area contributed by atoms with Crippen molar-refractivity contribution in [2.75, 3.05) is 14.2 Å². The van der Waals surface area contributed by atoms with E-state index in [1.807, 2.05) is 42.5 Å². The highest BCUT2D eigenvalue weighted by Crippen LogP contribution is 2.49. The fourth-order valence-corrected chi connectivity index (χ4v) is 5.52. The van der Waals surface area contributed by atoms with Crippen LogP contribution in [0.4, 0.5) is 0 Å². The van der Waals surface area contributed by atoms with Gasteiger partial charge in [-0.15, -0.1) is 0 Å². The van der Waals surface area contributed by atoms with Gasteiger partial charge in [0.2, 0.25) is 0 Å². The number of carbonyl (C=O) groups is 2. The third-order valence-corrected chi connectivity index (χ3v) is 7.05. The van der Waals surface area contributed by atoms with Crippen LogP contribution < -0.4 is 0 Å². The van der Waals surface area contributed by atoms with E-state index in [-0.39, 0.29) is 23.6 Å². The Morgan fingerprint density at radius 1 is 0.969 bits per heavy atom. The van der Waals surface area contributed by atoms with E-state index in [1.54, 1.807) is 0 Å². The normalized spacial score (nSPS) is 26.7. The summed E-state index contributed by atoms with van der Waals surface area (Å²) in [4.78, 5) is 32.6. The zero-order valence-electron chi connectivity index (χ0n) is 20.2. The molecule has 2 atom stereocenters. The van der Waals surface area contributed by atoms with Crippen molar-refractivity contribution in [2.24, 2.45) is 11.3 Å². The van der Waals surface area contributed by atoms with E-state index in [4.69, 9.17) is 14.3 Å². The first kappa shape index (κ1) is 24.5. The predicted molar refractivity (Wildman–Crippen MR) is 123 cm³/mol. The lowest BCUT2D eigenvalue weighted by Gasteiger charge is -2.52. The van der Waals surface area contributed by atoms with Gasteiger partial charge in [0.05, 0.1) is 20.3 Å². The summed E-state index contributed by atoms with van der Waals surface area (Å²) in [5, 5.41) is 2.09. The van der Waals surface area contributed by atoms with Crippen molar-refractivity contribution in [3.05, 3.63) is 42.0 Å². The number of ether oxygens (including phenoxy) is 2. The van der Waals surface area contributed by atoms with Gasteiger partial charge in [-0.1, -0.05) is 42.5 Å². The molecule has 1 heterocycles. The Bertz CT molecular complexity index is 813. The molecular formula is C26H37NO5. The van der Waals surface area contributed by atoms with Crippen LogP contribution in [0.1, 0.15) is 65.4 Å². The highest BCUT2D eigenvalue weighted by molar-refractivity contribution is 6.01. The number of benzene rings is 1. The standard InChI is InChI=1S/C26H37NO5/c1-24(2)15-10-16-25(3,4)27(24)32-21-17-20(14-13-19-11-8-7-9-12-19)26(18-21,22(28)30-5)23(29)31-6/h7-9,11-14,20-21H,10,15-18H2,1-6H3/b14-13+. The van der Waals surface area contributed by atoms with Crippen LogP contribution >= 0.6 is 0 Å². The molecule has 1 aromatic carbocycles. The van der Waals surface area contributed by atoms with Crippen molar-refractivity contribution in [2.45, 2.75) is 77.0 Å². The van der Waals surface area contributed by atoms with E-state index in [1.165, 1.54) is 14.2 Å². The minimum atomic E-state index is -1.43. The van der Waals surface area contributed by atoms with Crippen LogP contribution in [0.2, 0.25) is 0 Å². The SMILES string of the molecule is COC(=O)C1(C(=O)OC)CC(ON2C(C)(C)CCCC2(C)C)CC1/C=C/c1ccccc1. The summed E-state index contributed by atoms with van der Waals surface area (Å²) in [6.07, 6.45) is 7.51. The number of methoxy groups -OCH3 is 2. The number of rotatable bonds is 6. The third kappa shape index (κ3) is 4.62. The van der Waals surface area contributed by atoms with Gasteiger partial charge in [0, 0.05) is 23.4 Å². The second kappa shape index (κ2) is 9.36. The molecule has 0 N–H and O–H groups in total. The van der Waals surface area contributed by atoms with Gasteiger partial charge in [-0.3, -0.25) is 14.4 Å². The fraction of sp³-hybridized carbons (Fsp3) is 0.615. The number of hydroxylamine groups is 2. The van der Waals surface area contributed by atoms with Crippen molar-refractivity contribution >= 4 is 18.0 Å². The number of hydrogen-bond donors (Lipinski definition) is 0. The molecule has 1 aliphatic carbocycles. The smallest absolute Gasteiger partial charge is 0.323 e. The maximum Gasteiger partial charge on any atom is 0.323 e. The van der Waals surface area contributed by atoms with E-state index >= 15 is 0 Å². The Morgan fingerprint density at radius 3 is 2.06 bits per heavy atom. The van der Waals surface area contributed by atoms with Crippen LogP contribution in [0.25, 0.3) is 6.08 Å². The number of piperidine rings is 1. The third-order valence-electron chi connectivity index (χ3n) is 7.05. The van der Waals surface area contributed by atoms with E-state index in [2.05, 4.69) is 32.8 Å². The molecule has 0 aromatic heterocycles. The minimum Gasteiger partial charge on any atom is -0.468 e. The number of hydrogen-bond acceptors (Lipinski definition) is 6. The van der Waals surface area contributed by atoms with E-state index < -0.39 is 23.3 Å². The van der Waals surface area contributed by atoms with Gasteiger partial charge in [0.25, 0.3) is 0 Å². The van der Waals surface area contributed by atoms with Crippen molar-refractivity contribution in [3.8, 4) is 0 Å². The van der Waals surface area contributed by atoms with E-state index in [0.717, 1.165) is 24.8 Å². The first-order chi connectivity index (χ1) is 15.1. The Morgan fingerprint density at radius 2 is 1.53 bits per heavy atom. The van der Waals surface area contributed by atoms with Gasteiger partial charge in [0.1, 0.15) is 0 Å². The van der Waals surface area contributed by atoms with Crippen LogP contribution in [-0.2, 0) is 23.9 Å². The molecule has 176 valence electrons. The molecule has 2 fully saturated rings. The molecule has 1 saturated carbocycles. The summed E-state index contributed by atoms with van der Waals surface area (Å²) in [7, 11) is 2.63. The molecule has 2 aliphatic rings. The largest absolute Gasteiger partial charge is 0.468 e. The Kier molecular flexibility index (Phi) is 7.15. The Labute approximate surface area is 191 Å². The van der Waals surface area contributed by atoms with Crippen molar-refractivity contribution in [3.63, 3.8) is 0 Å². The lowest BCUT2D eigenvalue weighted by molar-refractivity contribution is -0.304. The maximum absolute atomic E-state index is 13.0. The van der Waals surface area contributed by atoms with Gasteiger partial charge >= 0.3 is 11.9 Å². The van der Waals surface area contributed by atoms with Gasteiger partial charge in [-0.2, -0.15) is 5.06 Å². The zero-order valence-corrected chi connectivity index (χ0v) is 20.2. The van der Waals surface area contributed by atoms with Crippen molar-refractivity contribution in [1.29, 1.82) is 0 Å². The molecule has 3 rings (SSSR count). The fourth-order valence-electron chi connectivity index (χ4n) is 5.52. The van der Waals surface area contributed by atoms with Crippen LogP contribution in [-0.4, -0.2) is 48.4 Å². The van der Waals surface area contributed by atoms with Crippen LogP contribution in [0.3, 0.4) is 0 Å². The molecule has 0 radical (unpaired) electrons. The summed E-state index contributed by atoms with van der Waals surface area (Å²) in [6, 6.07) is 9.82. The minimum absolute atomic E-state index is 0.140. The summed E-state index contributed by atoms with van der Waals surface area (Å²) >= 11 is 0. The molecule has 1 saturated heterocycles. The topological polar surface area (TPSA) is 65.1 Å². The summed E-state index contributed by atoms with van der Waals surface area (Å²) < 4.78 is 10.2. The first-order valence-corrected chi connectivity index (χ1v) is 11.4. The zero-order chi connectivity index (χ0) is 23.6. The highest BCUT2D eigenvalue weighted by Gasteiger charge is 2.60. The Balaban J connectivity index is 1.94. The molecule has 32 heavy (non-hydrogen) atoms. The quantitative estimate of drug-likeness (QED) is 0.465. The Hall–Kier alpha value is -2.18. The lowest BCUT2D eigenvalue weighted by Crippen LogP contribution is -2.59. The van der Waals surface area contributed by atoms with Gasteiger partial charge in [-0.05, 0) is 58.9 Å². The number of carbonyl (C=O) groups excluding carboxylic acids is 2. The van der Waals surface area contributed by atoms with Gasteiger partial charge < -0.3 is 9.47 Å². The molecule has 2 unspecified atom stereocenters. The van der Waals surface area contributed by atoms with Crippen LogP contribution in [0.5, 0.6) is 0 Å². The molecule has 0 spiro atoms. The van der Waals surface area contributed by atoms with E-state index in [0.29, 0.717) is 6.42 Å². The van der Waals surface area contributed by atoms with Crippen molar-refractivity contribution < 1.29 is 23.9 Å². The summed E-state index contributed by atoms with van der Waals surface area (Å²) in [5.41, 5.74) is -0.708. The first-order valence-electron chi connectivity index (χ1n) is 11.4. The van der Waals surface area contributed by atoms with E-state index in [9.17, 15) is 9.59 Å². The molecule has 0 amide bonds. The average Bonchev–Trinajstić information content (AvgIpc) is 3.13. The second-order valence-electron chi connectivity index (χ2n) is 10.3. The molecule has 1 aromatic rings. The predicted octanol–water partition coefficient (Wildman–Crippen LogP) is 4.79. The van der Waals surface area contributed by atoms with Crippen LogP contribution in [0.15, 0.2) is 36.4 Å². The number of esters is 2. The van der Waals surface area contributed by atoms with Crippen LogP contribution in [0, 0.1) is 11.3 Å². The lowest BCUT2D eigenvalue weighted by atomic mass is 9.77. The van der Waals surface area contributed by atoms with Gasteiger partial charge in [-0.25, -0.2) is 0 Å². The highest BCUT2D eigenvalue weighted by atomic mass is 16.7. The van der Waals surface area contributed by atoms with Gasteiger partial charge in [0.15, 0.2) is 5.41 Å². The monoisotopic (exact) mass is 443 g/mol. The molecular weight excluding hydrogens is 406 g/mol. The number of nitrogens with zero attached hydrogens (tertiary/aromatic N) is 1. The molecule has 1 aliphatic heterocycles.